The van der Waals surface area contributed by atoms with Gasteiger partial charge in [0.05, 0.1) is 5.69 Å². The summed E-state index contributed by atoms with van der Waals surface area (Å²) in [5, 5.41) is 2.80. The van der Waals surface area contributed by atoms with E-state index in [1.54, 1.807) is 29.2 Å². The molecular weight excluding hydrogens is 328 g/mol. The van der Waals surface area contributed by atoms with E-state index in [4.69, 9.17) is 4.74 Å². The smallest absolute Gasteiger partial charge is 0.265 e. The molecule has 0 fully saturated rings. The molecule has 2 aromatic carbocycles. The highest BCUT2D eigenvalue weighted by molar-refractivity contribution is 6.03. The zero-order valence-electron chi connectivity index (χ0n) is 14.6. The lowest BCUT2D eigenvalue weighted by molar-refractivity contribution is -0.121. The van der Waals surface area contributed by atoms with Crippen LogP contribution in [0.4, 0.5) is 11.4 Å². The molecule has 0 aliphatic carbocycles. The Hall–Kier alpha value is -3.34. The van der Waals surface area contributed by atoms with Crippen molar-refractivity contribution in [2.24, 2.45) is 0 Å². The van der Waals surface area contributed by atoms with Gasteiger partial charge >= 0.3 is 0 Å². The molecule has 1 aliphatic heterocycles. The van der Waals surface area contributed by atoms with Crippen molar-refractivity contribution in [2.45, 2.75) is 6.92 Å². The van der Waals surface area contributed by atoms with Gasteiger partial charge in [-0.3, -0.25) is 9.59 Å². The second-order valence-electron chi connectivity index (χ2n) is 6.14. The van der Waals surface area contributed by atoms with Crippen LogP contribution in [0, 0.1) is 0 Å². The molecule has 2 aromatic rings. The fourth-order valence-electron chi connectivity index (χ4n) is 2.65. The summed E-state index contributed by atoms with van der Waals surface area (Å²) in [5.74, 6) is 0.221. The summed E-state index contributed by atoms with van der Waals surface area (Å²) in [4.78, 5) is 25.8. The first-order chi connectivity index (χ1) is 12.5. The van der Waals surface area contributed by atoms with Crippen molar-refractivity contribution in [3.63, 3.8) is 0 Å². The molecule has 1 heterocycles. The van der Waals surface area contributed by atoms with E-state index in [0.29, 0.717) is 23.7 Å². The molecule has 0 spiro atoms. The van der Waals surface area contributed by atoms with Crippen molar-refractivity contribution < 1.29 is 14.3 Å². The van der Waals surface area contributed by atoms with Gasteiger partial charge in [0.2, 0.25) is 5.91 Å². The normalized spacial score (nSPS) is 13.3. The number of carbonyl (C=O) groups excluding carboxylic acids is 2. The van der Waals surface area contributed by atoms with E-state index in [1.165, 1.54) is 6.08 Å². The van der Waals surface area contributed by atoms with Crippen molar-refractivity contribution in [2.75, 3.05) is 23.4 Å². The van der Waals surface area contributed by atoms with Crippen molar-refractivity contribution in [1.82, 2.24) is 0 Å². The number of nitrogens with one attached hydrogen (secondary N) is 1. The van der Waals surface area contributed by atoms with Crippen LogP contribution in [0.1, 0.15) is 12.5 Å². The van der Waals surface area contributed by atoms with E-state index < -0.39 is 0 Å². The standard InChI is InChI=1S/C21H20N2O3/c1-15(2)13-23-18-10-9-17(12-19(18)26-14-21(23)25)22-20(24)11-8-16-6-4-3-5-7-16/h3-12H,1,13-14H2,2H3,(H,22,24)/b11-8+. The molecule has 26 heavy (non-hydrogen) atoms. The highest BCUT2D eigenvalue weighted by atomic mass is 16.5. The van der Waals surface area contributed by atoms with Gasteiger partial charge in [0.1, 0.15) is 5.75 Å². The van der Waals surface area contributed by atoms with E-state index in [-0.39, 0.29) is 18.4 Å². The third-order valence-electron chi connectivity index (χ3n) is 3.83. The Bertz CT molecular complexity index is 872. The summed E-state index contributed by atoms with van der Waals surface area (Å²) in [6.07, 6.45) is 3.23. The quantitative estimate of drug-likeness (QED) is 0.663. The van der Waals surface area contributed by atoms with Gasteiger partial charge in [-0.05, 0) is 30.7 Å². The van der Waals surface area contributed by atoms with Crippen LogP contribution < -0.4 is 15.0 Å². The fraction of sp³-hybridized carbons (Fsp3) is 0.143. The Balaban J connectivity index is 1.72. The molecule has 0 bridgehead atoms. The van der Waals surface area contributed by atoms with Gasteiger partial charge in [-0.1, -0.05) is 42.5 Å². The minimum atomic E-state index is -0.237. The Morgan fingerprint density at radius 2 is 2.04 bits per heavy atom. The van der Waals surface area contributed by atoms with Crippen molar-refractivity contribution in [3.8, 4) is 5.75 Å². The van der Waals surface area contributed by atoms with Crippen molar-refractivity contribution in [1.29, 1.82) is 0 Å². The average Bonchev–Trinajstić information content (AvgIpc) is 2.63. The van der Waals surface area contributed by atoms with Crippen molar-refractivity contribution in [3.05, 3.63) is 72.3 Å². The van der Waals surface area contributed by atoms with Gasteiger partial charge in [0.25, 0.3) is 5.91 Å². The van der Waals surface area contributed by atoms with Gasteiger partial charge in [0, 0.05) is 24.4 Å². The molecule has 2 amide bonds. The first kappa shape index (κ1) is 17.5. The zero-order valence-corrected chi connectivity index (χ0v) is 14.6. The monoisotopic (exact) mass is 348 g/mol. The maximum atomic E-state index is 12.1. The third kappa shape index (κ3) is 4.19. The fourth-order valence-corrected chi connectivity index (χ4v) is 2.65. The van der Waals surface area contributed by atoms with E-state index in [0.717, 1.165) is 11.1 Å². The molecule has 1 N–H and O–H groups in total. The molecule has 132 valence electrons. The van der Waals surface area contributed by atoms with Gasteiger partial charge in [-0.25, -0.2) is 0 Å². The molecule has 0 saturated heterocycles. The number of hydrogen-bond donors (Lipinski definition) is 1. The molecule has 0 unspecified atom stereocenters. The van der Waals surface area contributed by atoms with Crippen LogP contribution >= 0.6 is 0 Å². The summed E-state index contributed by atoms with van der Waals surface area (Å²) in [6.45, 7) is 6.15. The average molecular weight is 348 g/mol. The molecule has 0 atom stereocenters. The molecule has 5 nitrogen and oxygen atoms in total. The number of hydrogen-bond acceptors (Lipinski definition) is 3. The third-order valence-corrected chi connectivity index (χ3v) is 3.83. The second-order valence-corrected chi connectivity index (χ2v) is 6.14. The first-order valence-electron chi connectivity index (χ1n) is 8.28. The van der Waals surface area contributed by atoms with E-state index in [9.17, 15) is 9.59 Å². The zero-order chi connectivity index (χ0) is 18.5. The Labute approximate surface area is 152 Å². The summed E-state index contributed by atoms with van der Waals surface area (Å²) >= 11 is 0. The lowest BCUT2D eigenvalue weighted by Crippen LogP contribution is -2.39. The lowest BCUT2D eigenvalue weighted by atomic mass is 10.2. The molecule has 0 saturated carbocycles. The summed E-state index contributed by atoms with van der Waals surface area (Å²) in [6, 6.07) is 14.8. The number of rotatable bonds is 5. The topological polar surface area (TPSA) is 58.6 Å². The predicted octanol–water partition coefficient (Wildman–Crippen LogP) is 3.64. The second kappa shape index (κ2) is 7.70. The molecule has 0 aromatic heterocycles. The van der Waals surface area contributed by atoms with Crippen LogP contribution in [0.3, 0.4) is 0 Å². The number of nitrogens with zero attached hydrogens (tertiary/aromatic N) is 1. The summed E-state index contributed by atoms with van der Waals surface area (Å²) in [5.41, 5.74) is 3.12. The Morgan fingerprint density at radius 3 is 2.77 bits per heavy atom. The van der Waals surface area contributed by atoms with E-state index in [2.05, 4.69) is 11.9 Å². The number of ether oxygens (including phenoxy) is 1. The Morgan fingerprint density at radius 1 is 1.27 bits per heavy atom. The SMILES string of the molecule is C=C(C)CN1C(=O)COc2cc(NC(=O)/C=C/c3ccccc3)ccc21. The number of fused-ring (bicyclic) bond motifs is 1. The summed E-state index contributed by atoms with van der Waals surface area (Å²) in [7, 11) is 0. The lowest BCUT2D eigenvalue weighted by Gasteiger charge is -2.29. The number of anilines is 2. The highest BCUT2D eigenvalue weighted by Crippen LogP contribution is 2.34. The number of amides is 2. The van der Waals surface area contributed by atoms with Crippen LogP contribution in [-0.2, 0) is 9.59 Å². The van der Waals surface area contributed by atoms with Gasteiger partial charge < -0.3 is 15.0 Å². The Kier molecular flexibility index (Phi) is 5.17. The largest absolute Gasteiger partial charge is 0.481 e. The maximum Gasteiger partial charge on any atom is 0.265 e. The van der Waals surface area contributed by atoms with Gasteiger partial charge in [-0.2, -0.15) is 0 Å². The van der Waals surface area contributed by atoms with Crippen LogP contribution in [0.15, 0.2) is 66.8 Å². The molecule has 0 radical (unpaired) electrons. The van der Waals surface area contributed by atoms with E-state index >= 15 is 0 Å². The van der Waals surface area contributed by atoms with Gasteiger partial charge in [-0.15, -0.1) is 0 Å². The molecule has 3 rings (SSSR count). The molecule has 5 heteroatoms. The summed E-state index contributed by atoms with van der Waals surface area (Å²) < 4.78 is 5.51. The highest BCUT2D eigenvalue weighted by Gasteiger charge is 2.25. The minimum Gasteiger partial charge on any atom is -0.481 e. The van der Waals surface area contributed by atoms with Gasteiger partial charge in [0.15, 0.2) is 6.61 Å². The van der Waals surface area contributed by atoms with Crippen molar-refractivity contribution >= 4 is 29.3 Å². The maximum absolute atomic E-state index is 12.1. The van der Waals surface area contributed by atoms with E-state index in [1.807, 2.05) is 37.3 Å². The molecule has 1 aliphatic rings. The van der Waals surface area contributed by atoms with Crippen LogP contribution in [0.2, 0.25) is 0 Å². The van der Waals surface area contributed by atoms with Crippen LogP contribution in [0.5, 0.6) is 5.75 Å². The number of carbonyl (C=O) groups is 2. The van der Waals surface area contributed by atoms with Crippen LogP contribution in [0.25, 0.3) is 6.08 Å². The number of benzene rings is 2. The molecular formula is C21H20N2O3. The van der Waals surface area contributed by atoms with Crippen LogP contribution in [-0.4, -0.2) is 25.0 Å². The predicted molar refractivity (Wildman–Crippen MR) is 103 cm³/mol. The minimum absolute atomic E-state index is 0.0222. The first-order valence-corrected chi connectivity index (χ1v) is 8.28.